The van der Waals surface area contributed by atoms with Crippen molar-refractivity contribution in [3.8, 4) is 22.3 Å². The van der Waals surface area contributed by atoms with Gasteiger partial charge in [0.05, 0.1) is 5.69 Å². The van der Waals surface area contributed by atoms with Crippen LogP contribution < -0.4 is 4.90 Å². The lowest BCUT2D eigenvalue weighted by Crippen LogP contribution is -2.15. The maximum absolute atomic E-state index is 2.48. The molecule has 1 aliphatic rings. The van der Waals surface area contributed by atoms with E-state index in [-0.39, 0.29) is 5.41 Å². The second-order valence-corrected chi connectivity index (χ2v) is 14.8. The lowest BCUT2D eigenvalue weighted by molar-refractivity contribution is 0.660. The first-order valence-electron chi connectivity index (χ1n) is 17.0. The highest BCUT2D eigenvalue weighted by Gasteiger charge is 2.35. The third kappa shape index (κ3) is 4.24. The Hall–Kier alpha value is -5.70. The molecular weight excluding hydrogens is 611 g/mol. The van der Waals surface area contributed by atoms with Crippen LogP contribution in [0, 0.1) is 0 Å². The predicted molar refractivity (Wildman–Crippen MR) is 212 cm³/mol. The van der Waals surface area contributed by atoms with Crippen molar-refractivity contribution in [3.63, 3.8) is 0 Å². The van der Waals surface area contributed by atoms with Crippen LogP contribution in [0.25, 0.3) is 64.0 Å². The number of thiophene rings is 1. The highest BCUT2D eigenvalue weighted by molar-refractivity contribution is 7.26. The SMILES string of the molecule is CC1(C)c2ccccc2-c2cc(N(c3ccc(-c4ccccc4)cc3)c3cc4ccccc4c4c3ccc3c5ccccc5sc34)ccc21. The molecule has 0 radical (unpaired) electrons. The third-order valence-corrected chi connectivity index (χ3v) is 11.8. The zero-order chi connectivity index (χ0) is 32.7. The highest BCUT2D eigenvalue weighted by Crippen LogP contribution is 2.52. The summed E-state index contributed by atoms with van der Waals surface area (Å²) in [6.45, 7) is 4.70. The average molecular weight is 644 g/mol. The fourth-order valence-electron chi connectivity index (χ4n) is 8.24. The van der Waals surface area contributed by atoms with Crippen molar-refractivity contribution in [1.82, 2.24) is 0 Å². The van der Waals surface area contributed by atoms with Crippen LogP contribution in [0.2, 0.25) is 0 Å². The monoisotopic (exact) mass is 643 g/mol. The summed E-state index contributed by atoms with van der Waals surface area (Å²) < 4.78 is 2.67. The first kappa shape index (κ1) is 28.3. The van der Waals surface area contributed by atoms with E-state index in [4.69, 9.17) is 0 Å². The molecule has 0 amide bonds. The smallest absolute Gasteiger partial charge is 0.0546 e. The van der Waals surface area contributed by atoms with Crippen LogP contribution in [0.3, 0.4) is 0 Å². The number of anilines is 3. The molecule has 0 spiro atoms. The van der Waals surface area contributed by atoms with Crippen LogP contribution in [0.4, 0.5) is 17.1 Å². The van der Waals surface area contributed by atoms with Gasteiger partial charge in [-0.05, 0) is 80.6 Å². The number of hydrogen-bond donors (Lipinski definition) is 0. The molecule has 1 aromatic heterocycles. The molecule has 0 atom stereocenters. The Kier molecular flexibility index (Phi) is 6.16. The summed E-state index contributed by atoms with van der Waals surface area (Å²) in [6.07, 6.45) is 0. The van der Waals surface area contributed by atoms with Crippen molar-refractivity contribution < 1.29 is 0 Å². The van der Waals surface area contributed by atoms with Crippen LogP contribution >= 0.6 is 11.3 Å². The fourth-order valence-corrected chi connectivity index (χ4v) is 9.50. The minimum absolute atomic E-state index is 0.0466. The second kappa shape index (κ2) is 10.7. The van der Waals surface area contributed by atoms with Gasteiger partial charge in [-0.3, -0.25) is 0 Å². The molecule has 49 heavy (non-hydrogen) atoms. The molecular formula is C47H33NS. The molecule has 0 fully saturated rings. The minimum Gasteiger partial charge on any atom is -0.310 e. The van der Waals surface area contributed by atoms with Gasteiger partial charge in [-0.25, -0.2) is 0 Å². The van der Waals surface area contributed by atoms with Crippen molar-refractivity contribution >= 4 is 70.1 Å². The summed E-state index contributed by atoms with van der Waals surface area (Å²) >= 11 is 1.91. The number of fused-ring (bicyclic) bond motifs is 10. The zero-order valence-electron chi connectivity index (χ0n) is 27.4. The third-order valence-electron chi connectivity index (χ3n) is 10.6. The Morgan fingerprint density at radius 1 is 0.469 bits per heavy atom. The summed E-state index contributed by atoms with van der Waals surface area (Å²) in [6, 6.07) is 60.6. The Morgan fingerprint density at radius 3 is 1.98 bits per heavy atom. The van der Waals surface area contributed by atoms with Crippen molar-refractivity contribution in [1.29, 1.82) is 0 Å². The average Bonchev–Trinajstić information content (AvgIpc) is 3.64. The summed E-state index contributed by atoms with van der Waals surface area (Å²) in [7, 11) is 0. The van der Waals surface area contributed by atoms with E-state index in [9.17, 15) is 0 Å². The van der Waals surface area contributed by atoms with E-state index in [0.29, 0.717) is 0 Å². The Morgan fingerprint density at radius 2 is 1.12 bits per heavy atom. The number of benzene rings is 8. The lowest BCUT2D eigenvalue weighted by atomic mass is 9.82. The Bertz CT molecular complexity index is 2730. The second-order valence-electron chi connectivity index (χ2n) is 13.7. The van der Waals surface area contributed by atoms with Gasteiger partial charge in [0.25, 0.3) is 0 Å². The van der Waals surface area contributed by atoms with Crippen LogP contribution in [-0.2, 0) is 5.41 Å². The van der Waals surface area contributed by atoms with Crippen molar-refractivity contribution in [2.24, 2.45) is 0 Å². The molecule has 0 aliphatic heterocycles. The van der Waals surface area contributed by atoms with Gasteiger partial charge in [-0.15, -0.1) is 11.3 Å². The predicted octanol–water partition coefficient (Wildman–Crippen LogP) is 13.8. The molecule has 9 aromatic rings. The lowest BCUT2D eigenvalue weighted by Gasteiger charge is -2.29. The summed E-state index contributed by atoms with van der Waals surface area (Å²) in [4.78, 5) is 2.48. The molecule has 1 nitrogen and oxygen atoms in total. The van der Waals surface area contributed by atoms with E-state index in [1.165, 1.54) is 80.8 Å². The van der Waals surface area contributed by atoms with E-state index in [1.807, 2.05) is 11.3 Å². The fraction of sp³-hybridized carbons (Fsp3) is 0.0638. The number of nitrogens with zero attached hydrogens (tertiary/aromatic N) is 1. The molecule has 10 rings (SSSR count). The van der Waals surface area contributed by atoms with E-state index in [2.05, 4.69) is 183 Å². The molecule has 2 heteroatoms. The van der Waals surface area contributed by atoms with E-state index in [1.54, 1.807) is 0 Å². The maximum Gasteiger partial charge on any atom is 0.0546 e. The van der Waals surface area contributed by atoms with Gasteiger partial charge in [-0.1, -0.05) is 141 Å². The molecule has 1 heterocycles. The van der Waals surface area contributed by atoms with Crippen molar-refractivity contribution in [2.45, 2.75) is 19.3 Å². The summed E-state index contributed by atoms with van der Waals surface area (Å²) in [5.41, 5.74) is 11.3. The zero-order valence-corrected chi connectivity index (χ0v) is 28.3. The Labute approximate surface area is 290 Å². The van der Waals surface area contributed by atoms with Crippen molar-refractivity contribution in [3.05, 3.63) is 175 Å². The molecule has 8 aromatic carbocycles. The van der Waals surface area contributed by atoms with Crippen molar-refractivity contribution in [2.75, 3.05) is 4.90 Å². The maximum atomic E-state index is 2.48. The van der Waals surface area contributed by atoms with Gasteiger partial charge < -0.3 is 4.90 Å². The van der Waals surface area contributed by atoms with Crippen LogP contribution in [-0.4, -0.2) is 0 Å². The summed E-state index contributed by atoms with van der Waals surface area (Å²) in [5.74, 6) is 0. The van der Waals surface area contributed by atoms with Gasteiger partial charge >= 0.3 is 0 Å². The Balaban J connectivity index is 1.27. The number of hydrogen-bond acceptors (Lipinski definition) is 2. The van der Waals surface area contributed by atoms with Gasteiger partial charge in [-0.2, -0.15) is 0 Å². The molecule has 0 N–H and O–H groups in total. The normalized spacial score (nSPS) is 13.3. The van der Waals surface area contributed by atoms with Gasteiger partial charge in [0, 0.05) is 47.7 Å². The van der Waals surface area contributed by atoms with Crippen LogP contribution in [0.15, 0.2) is 164 Å². The van der Waals surface area contributed by atoms with E-state index >= 15 is 0 Å². The quantitative estimate of drug-likeness (QED) is 0.173. The molecule has 0 bridgehead atoms. The molecule has 0 saturated heterocycles. The van der Waals surface area contributed by atoms with E-state index < -0.39 is 0 Å². The van der Waals surface area contributed by atoms with Crippen LogP contribution in [0.5, 0.6) is 0 Å². The van der Waals surface area contributed by atoms with Gasteiger partial charge in [0.15, 0.2) is 0 Å². The molecule has 1 aliphatic carbocycles. The largest absolute Gasteiger partial charge is 0.310 e. The minimum atomic E-state index is -0.0466. The molecule has 0 saturated carbocycles. The topological polar surface area (TPSA) is 3.24 Å². The standard InChI is InChI=1S/C47H33NS/c1-47(2)41-18-10-8-16-36(41)40-29-34(24-27-42(40)47)48(33-22-20-31(21-23-33)30-12-4-3-5-13-30)43-28-32-14-6-7-15-35(32)45-39(43)26-25-38-37-17-9-11-19-44(37)49-46(38)45/h3-29H,1-2H3. The molecule has 0 unspecified atom stereocenters. The first-order valence-corrected chi connectivity index (χ1v) is 17.8. The highest BCUT2D eigenvalue weighted by atomic mass is 32.1. The van der Waals surface area contributed by atoms with E-state index in [0.717, 1.165) is 11.4 Å². The van der Waals surface area contributed by atoms with Crippen LogP contribution in [0.1, 0.15) is 25.0 Å². The molecule has 232 valence electrons. The van der Waals surface area contributed by atoms with Gasteiger partial charge in [0.1, 0.15) is 0 Å². The number of rotatable bonds is 4. The summed E-state index contributed by atoms with van der Waals surface area (Å²) in [5, 5.41) is 7.77. The van der Waals surface area contributed by atoms with Gasteiger partial charge in [0.2, 0.25) is 0 Å². The first-order chi connectivity index (χ1) is 24.1.